The minimum Gasteiger partial charge on any atom is -0.367 e. The van der Waals surface area contributed by atoms with Crippen molar-refractivity contribution in [1.29, 1.82) is 0 Å². The highest BCUT2D eigenvalue weighted by Gasteiger charge is 2.17. The van der Waals surface area contributed by atoms with Crippen LogP contribution in [0.4, 0.5) is 11.8 Å². The van der Waals surface area contributed by atoms with Crippen LogP contribution in [0.25, 0.3) is 0 Å². The lowest BCUT2D eigenvalue weighted by Crippen LogP contribution is -2.27. The molecule has 5 heteroatoms. The van der Waals surface area contributed by atoms with Gasteiger partial charge in [-0.05, 0) is 25.3 Å². The van der Waals surface area contributed by atoms with Crippen molar-refractivity contribution in [1.82, 2.24) is 9.97 Å². The Morgan fingerprint density at radius 2 is 2.31 bits per heavy atom. The molecule has 1 aromatic heterocycles. The minimum atomic E-state index is 0.448. The fourth-order valence-corrected chi connectivity index (χ4v) is 1.27. The van der Waals surface area contributed by atoms with Crippen molar-refractivity contribution in [2.24, 2.45) is 5.84 Å². The number of anilines is 2. The summed E-state index contributed by atoms with van der Waals surface area (Å²) in [7, 11) is 0. The molecule has 13 heavy (non-hydrogen) atoms. The Bertz CT molecular complexity index is 284. The van der Waals surface area contributed by atoms with Crippen molar-refractivity contribution in [2.45, 2.75) is 25.3 Å². The van der Waals surface area contributed by atoms with Crippen LogP contribution in [0.1, 0.15) is 19.3 Å². The van der Waals surface area contributed by atoms with Crippen LogP contribution in [0.15, 0.2) is 12.3 Å². The molecule has 0 unspecified atom stereocenters. The number of hydrogen-bond acceptors (Lipinski definition) is 5. The van der Waals surface area contributed by atoms with Crippen molar-refractivity contribution in [3.8, 4) is 0 Å². The number of nitrogens with zero attached hydrogens (tertiary/aromatic N) is 2. The first-order chi connectivity index (χ1) is 6.38. The molecule has 5 nitrogen and oxygen atoms in total. The molecule has 1 fully saturated rings. The molecule has 0 amide bonds. The fourth-order valence-electron chi connectivity index (χ4n) is 1.27. The third-order valence-electron chi connectivity index (χ3n) is 2.24. The Morgan fingerprint density at radius 1 is 1.46 bits per heavy atom. The molecule has 0 bridgehead atoms. The maximum atomic E-state index is 5.19. The summed E-state index contributed by atoms with van der Waals surface area (Å²) < 4.78 is 0. The van der Waals surface area contributed by atoms with E-state index in [0.717, 1.165) is 5.82 Å². The molecule has 1 heterocycles. The second kappa shape index (κ2) is 3.57. The average Bonchev–Trinajstić information content (AvgIpc) is 2.12. The minimum absolute atomic E-state index is 0.448. The first-order valence-corrected chi connectivity index (χ1v) is 4.44. The smallest absolute Gasteiger partial charge is 0.239 e. The van der Waals surface area contributed by atoms with E-state index in [-0.39, 0.29) is 0 Å². The monoisotopic (exact) mass is 179 g/mol. The van der Waals surface area contributed by atoms with E-state index >= 15 is 0 Å². The van der Waals surface area contributed by atoms with Crippen LogP contribution in [-0.4, -0.2) is 16.0 Å². The predicted molar refractivity (Wildman–Crippen MR) is 51.1 cm³/mol. The zero-order valence-electron chi connectivity index (χ0n) is 7.33. The van der Waals surface area contributed by atoms with Crippen LogP contribution in [-0.2, 0) is 0 Å². The Hall–Kier alpha value is -1.36. The van der Waals surface area contributed by atoms with Gasteiger partial charge in [-0.15, -0.1) is 0 Å². The lowest BCUT2D eigenvalue weighted by molar-refractivity contribution is 0.444. The summed E-state index contributed by atoms with van der Waals surface area (Å²) in [5, 5.41) is 3.31. The van der Waals surface area contributed by atoms with E-state index in [1.54, 1.807) is 6.20 Å². The van der Waals surface area contributed by atoms with Crippen molar-refractivity contribution in [3.63, 3.8) is 0 Å². The lowest BCUT2D eigenvalue weighted by atomic mass is 9.93. The molecule has 70 valence electrons. The Morgan fingerprint density at radius 3 is 2.92 bits per heavy atom. The number of nitrogens with one attached hydrogen (secondary N) is 2. The van der Waals surface area contributed by atoms with Gasteiger partial charge in [0.15, 0.2) is 0 Å². The topological polar surface area (TPSA) is 75.9 Å². The highest BCUT2D eigenvalue weighted by atomic mass is 15.3. The molecule has 1 saturated carbocycles. The largest absolute Gasteiger partial charge is 0.367 e. The van der Waals surface area contributed by atoms with E-state index in [2.05, 4.69) is 20.7 Å². The molecule has 0 atom stereocenters. The SMILES string of the molecule is NNc1nccc(NC2CCC2)n1. The van der Waals surface area contributed by atoms with Gasteiger partial charge in [0.1, 0.15) is 5.82 Å². The van der Waals surface area contributed by atoms with Gasteiger partial charge in [-0.2, -0.15) is 4.98 Å². The fraction of sp³-hybridized carbons (Fsp3) is 0.500. The average molecular weight is 179 g/mol. The van der Waals surface area contributed by atoms with Crippen LogP contribution in [0.3, 0.4) is 0 Å². The van der Waals surface area contributed by atoms with E-state index in [1.807, 2.05) is 6.07 Å². The van der Waals surface area contributed by atoms with Gasteiger partial charge >= 0.3 is 0 Å². The molecule has 1 aromatic rings. The van der Waals surface area contributed by atoms with Crippen LogP contribution < -0.4 is 16.6 Å². The van der Waals surface area contributed by atoms with Gasteiger partial charge in [0, 0.05) is 12.2 Å². The van der Waals surface area contributed by atoms with Crippen molar-refractivity contribution < 1.29 is 0 Å². The van der Waals surface area contributed by atoms with E-state index in [9.17, 15) is 0 Å². The predicted octanol–water partition coefficient (Wildman–Crippen LogP) is 0.727. The molecule has 4 N–H and O–H groups in total. The molecule has 2 rings (SSSR count). The van der Waals surface area contributed by atoms with E-state index in [0.29, 0.717) is 12.0 Å². The summed E-state index contributed by atoms with van der Waals surface area (Å²) in [6.45, 7) is 0. The zero-order valence-corrected chi connectivity index (χ0v) is 7.33. The second-order valence-corrected chi connectivity index (χ2v) is 3.18. The Labute approximate surface area is 76.7 Å². The highest BCUT2D eigenvalue weighted by Crippen LogP contribution is 2.22. The molecule has 0 aromatic carbocycles. The highest BCUT2D eigenvalue weighted by molar-refractivity contribution is 5.40. The van der Waals surface area contributed by atoms with Crippen molar-refractivity contribution in [2.75, 3.05) is 10.7 Å². The number of hydrogen-bond donors (Lipinski definition) is 3. The summed E-state index contributed by atoms with van der Waals surface area (Å²) in [6, 6.07) is 2.43. The Kier molecular flexibility index (Phi) is 2.27. The summed E-state index contributed by atoms with van der Waals surface area (Å²) >= 11 is 0. The maximum Gasteiger partial charge on any atom is 0.239 e. The van der Waals surface area contributed by atoms with Crippen LogP contribution in [0, 0.1) is 0 Å². The van der Waals surface area contributed by atoms with Gasteiger partial charge in [-0.25, -0.2) is 10.8 Å². The van der Waals surface area contributed by atoms with E-state index in [4.69, 9.17) is 5.84 Å². The first kappa shape index (κ1) is 8.25. The summed E-state index contributed by atoms with van der Waals surface area (Å²) in [5.41, 5.74) is 2.41. The van der Waals surface area contributed by atoms with E-state index < -0.39 is 0 Å². The number of nitrogens with two attached hydrogens (primary N) is 1. The van der Waals surface area contributed by atoms with Gasteiger partial charge < -0.3 is 5.32 Å². The van der Waals surface area contributed by atoms with Gasteiger partial charge in [-0.1, -0.05) is 0 Å². The molecular weight excluding hydrogens is 166 g/mol. The summed E-state index contributed by atoms with van der Waals surface area (Å²) in [6.07, 6.45) is 5.46. The van der Waals surface area contributed by atoms with E-state index in [1.165, 1.54) is 19.3 Å². The van der Waals surface area contributed by atoms with Crippen LogP contribution in [0.5, 0.6) is 0 Å². The Balaban J connectivity index is 2.01. The number of hydrazine groups is 1. The zero-order chi connectivity index (χ0) is 9.10. The lowest BCUT2D eigenvalue weighted by Gasteiger charge is -2.26. The second-order valence-electron chi connectivity index (χ2n) is 3.18. The third-order valence-corrected chi connectivity index (χ3v) is 2.24. The molecule has 0 radical (unpaired) electrons. The molecule has 1 aliphatic carbocycles. The quantitative estimate of drug-likeness (QED) is 0.471. The molecule has 1 aliphatic rings. The maximum absolute atomic E-state index is 5.19. The van der Waals surface area contributed by atoms with Gasteiger partial charge in [-0.3, -0.25) is 5.43 Å². The summed E-state index contributed by atoms with van der Waals surface area (Å²) in [5.74, 6) is 6.48. The van der Waals surface area contributed by atoms with Crippen molar-refractivity contribution in [3.05, 3.63) is 12.3 Å². The number of aromatic nitrogens is 2. The van der Waals surface area contributed by atoms with Crippen LogP contribution in [0.2, 0.25) is 0 Å². The van der Waals surface area contributed by atoms with Gasteiger partial charge in [0.25, 0.3) is 0 Å². The van der Waals surface area contributed by atoms with Gasteiger partial charge in [0.05, 0.1) is 0 Å². The normalized spacial score (nSPS) is 16.4. The molecular formula is C8H13N5. The first-order valence-electron chi connectivity index (χ1n) is 4.44. The van der Waals surface area contributed by atoms with Crippen molar-refractivity contribution >= 4 is 11.8 Å². The molecule has 0 aliphatic heterocycles. The molecule has 0 saturated heterocycles. The number of nitrogen functional groups attached to an aromatic ring is 1. The summed E-state index contributed by atoms with van der Waals surface area (Å²) in [4.78, 5) is 8.08. The third kappa shape index (κ3) is 1.86. The van der Waals surface area contributed by atoms with Gasteiger partial charge in [0.2, 0.25) is 5.95 Å². The molecule has 0 spiro atoms. The standard InChI is InChI=1S/C8H13N5/c9-13-8-10-5-4-7(12-8)11-6-2-1-3-6/h4-6H,1-3,9H2,(H2,10,11,12,13). The van der Waals surface area contributed by atoms with Crippen LogP contribution >= 0.6 is 0 Å². The number of rotatable bonds is 3.